The van der Waals surface area contributed by atoms with Crippen LogP contribution in [0.4, 0.5) is 11.4 Å². The maximum absolute atomic E-state index is 12.5. The minimum Gasteiger partial charge on any atom is -0.449 e. The number of aryl methyl sites for hydroxylation is 1. The Morgan fingerprint density at radius 2 is 2.06 bits per heavy atom. The molecule has 1 aromatic heterocycles. The number of amides is 1. The molecule has 3 aromatic rings. The van der Waals surface area contributed by atoms with Crippen LogP contribution in [-0.2, 0) is 22.5 Å². The Balaban J connectivity index is 1.48. The molecule has 1 amide bonds. The number of nitrogens with one attached hydrogen (secondary N) is 1. The molecular formula is C21H18N4O6. The van der Waals surface area contributed by atoms with Crippen LogP contribution in [0, 0.1) is 10.1 Å². The molecule has 1 N–H and O–H groups in total. The summed E-state index contributed by atoms with van der Waals surface area (Å²) in [5.41, 5.74) is 0.473. The first kappa shape index (κ1) is 20.2. The molecule has 0 spiro atoms. The molecule has 2 aromatic carbocycles. The van der Waals surface area contributed by atoms with Gasteiger partial charge in [-0.3, -0.25) is 24.3 Å². The van der Waals surface area contributed by atoms with E-state index in [1.807, 2.05) is 0 Å². The summed E-state index contributed by atoms with van der Waals surface area (Å²) in [5.74, 6) is -0.692. The summed E-state index contributed by atoms with van der Waals surface area (Å²) in [6, 6.07) is 9.90. The van der Waals surface area contributed by atoms with Crippen molar-refractivity contribution in [2.45, 2.75) is 32.4 Å². The second kappa shape index (κ2) is 7.98. The van der Waals surface area contributed by atoms with Crippen molar-refractivity contribution in [3.05, 3.63) is 74.3 Å². The third-order valence-electron chi connectivity index (χ3n) is 5.03. The van der Waals surface area contributed by atoms with Crippen molar-refractivity contribution < 1.29 is 19.2 Å². The van der Waals surface area contributed by atoms with Crippen LogP contribution in [0.25, 0.3) is 10.9 Å². The minimum absolute atomic E-state index is 0.137. The van der Waals surface area contributed by atoms with Crippen molar-refractivity contribution in [1.29, 1.82) is 0 Å². The lowest BCUT2D eigenvalue weighted by atomic mass is 10.1. The highest BCUT2D eigenvalue weighted by Crippen LogP contribution is 2.19. The normalized spacial score (nSPS) is 13.5. The molecule has 0 saturated heterocycles. The number of fused-ring (bicyclic) bond motifs is 2. The van der Waals surface area contributed by atoms with Crippen molar-refractivity contribution in [1.82, 2.24) is 9.55 Å². The van der Waals surface area contributed by atoms with Gasteiger partial charge in [0.25, 0.3) is 17.2 Å². The number of anilines is 1. The van der Waals surface area contributed by atoms with Crippen molar-refractivity contribution in [3.8, 4) is 0 Å². The van der Waals surface area contributed by atoms with E-state index in [4.69, 9.17) is 4.74 Å². The van der Waals surface area contributed by atoms with Gasteiger partial charge in [0.2, 0.25) is 0 Å². The van der Waals surface area contributed by atoms with Crippen LogP contribution in [0.2, 0.25) is 0 Å². The minimum atomic E-state index is -1.15. The van der Waals surface area contributed by atoms with E-state index in [1.54, 1.807) is 4.57 Å². The highest BCUT2D eigenvalue weighted by molar-refractivity contribution is 5.98. The molecule has 1 aliphatic heterocycles. The Morgan fingerprint density at radius 3 is 2.84 bits per heavy atom. The van der Waals surface area contributed by atoms with Crippen LogP contribution in [0.5, 0.6) is 0 Å². The quantitative estimate of drug-likeness (QED) is 0.379. The van der Waals surface area contributed by atoms with Gasteiger partial charge in [-0.15, -0.1) is 0 Å². The third kappa shape index (κ3) is 4.00. The van der Waals surface area contributed by atoms with Crippen LogP contribution in [-0.4, -0.2) is 32.5 Å². The summed E-state index contributed by atoms with van der Waals surface area (Å²) >= 11 is 0. The third-order valence-corrected chi connectivity index (χ3v) is 5.03. The van der Waals surface area contributed by atoms with Gasteiger partial charge < -0.3 is 10.1 Å². The lowest BCUT2D eigenvalue weighted by Crippen LogP contribution is -2.30. The summed E-state index contributed by atoms with van der Waals surface area (Å²) < 4.78 is 6.86. The number of nitro benzene ring substituents is 1. The van der Waals surface area contributed by atoms with Gasteiger partial charge >= 0.3 is 5.97 Å². The van der Waals surface area contributed by atoms with E-state index in [-0.39, 0.29) is 22.5 Å². The zero-order valence-corrected chi connectivity index (χ0v) is 16.5. The molecule has 158 valence electrons. The predicted octanol–water partition coefficient (Wildman–Crippen LogP) is 2.43. The van der Waals surface area contributed by atoms with Gasteiger partial charge in [-0.05, 0) is 37.6 Å². The molecule has 0 aliphatic carbocycles. The van der Waals surface area contributed by atoms with Crippen molar-refractivity contribution in [2.24, 2.45) is 0 Å². The predicted molar refractivity (Wildman–Crippen MR) is 111 cm³/mol. The molecule has 4 rings (SSSR count). The fourth-order valence-corrected chi connectivity index (χ4v) is 3.43. The number of hydrogen-bond donors (Lipinski definition) is 1. The Hall–Kier alpha value is -4.08. The number of nitrogens with zero attached hydrogens (tertiary/aromatic N) is 3. The summed E-state index contributed by atoms with van der Waals surface area (Å²) in [6.07, 6.45) is 0.403. The van der Waals surface area contributed by atoms with Crippen LogP contribution >= 0.6 is 0 Å². The number of rotatable bonds is 5. The highest BCUT2D eigenvalue weighted by Gasteiger charge is 2.21. The monoisotopic (exact) mass is 422 g/mol. The Bertz CT molecular complexity index is 1280. The molecule has 2 heterocycles. The lowest BCUT2D eigenvalue weighted by molar-refractivity contribution is -0.384. The van der Waals surface area contributed by atoms with Gasteiger partial charge in [-0.1, -0.05) is 6.07 Å². The largest absolute Gasteiger partial charge is 0.449 e. The van der Waals surface area contributed by atoms with Crippen molar-refractivity contribution >= 4 is 34.2 Å². The Morgan fingerprint density at radius 1 is 1.26 bits per heavy atom. The van der Waals surface area contributed by atoms with E-state index in [9.17, 15) is 24.5 Å². The van der Waals surface area contributed by atoms with Crippen molar-refractivity contribution in [3.63, 3.8) is 0 Å². The molecule has 1 unspecified atom stereocenters. The van der Waals surface area contributed by atoms with Crippen LogP contribution in [0.15, 0.2) is 47.3 Å². The number of carbonyl (C=O) groups excluding carboxylic acids is 2. The molecule has 1 aliphatic rings. The van der Waals surface area contributed by atoms with Crippen LogP contribution in [0.1, 0.15) is 29.5 Å². The zero-order valence-electron chi connectivity index (χ0n) is 16.5. The standard InChI is InChI=1S/C21H18N4O6/c1-12(19(26)22-14-4-2-5-15(11-14)25(29)30)31-21(28)13-7-8-16-17(10-13)23-18-6-3-9-24(18)20(16)27/h2,4-5,7-8,10-12H,3,6,9H2,1H3,(H,22,26). The van der Waals surface area contributed by atoms with Crippen molar-refractivity contribution in [2.75, 3.05) is 5.32 Å². The SMILES string of the molecule is CC(OC(=O)c1ccc2c(=O)n3c(nc2c1)CCC3)C(=O)Nc1cccc([N+](=O)[O-])c1. The molecule has 0 radical (unpaired) electrons. The number of non-ortho nitro benzene ring substituents is 1. The molecule has 31 heavy (non-hydrogen) atoms. The Kier molecular flexibility index (Phi) is 5.20. The summed E-state index contributed by atoms with van der Waals surface area (Å²) in [5, 5.41) is 13.7. The molecule has 10 heteroatoms. The fraction of sp³-hybridized carbons (Fsp3) is 0.238. The van der Waals surface area contributed by atoms with E-state index in [2.05, 4.69) is 10.3 Å². The number of esters is 1. The average molecular weight is 422 g/mol. The van der Waals surface area contributed by atoms with E-state index >= 15 is 0 Å². The van der Waals surface area contributed by atoms with Gasteiger partial charge in [-0.2, -0.15) is 0 Å². The average Bonchev–Trinajstić information content (AvgIpc) is 3.22. The van der Waals surface area contributed by atoms with Gasteiger partial charge in [0.05, 0.1) is 21.4 Å². The summed E-state index contributed by atoms with van der Waals surface area (Å²) in [6.45, 7) is 2.03. The maximum Gasteiger partial charge on any atom is 0.338 e. The zero-order chi connectivity index (χ0) is 22.1. The summed E-state index contributed by atoms with van der Waals surface area (Å²) in [7, 11) is 0. The molecule has 0 fully saturated rings. The smallest absolute Gasteiger partial charge is 0.338 e. The number of carbonyl (C=O) groups is 2. The highest BCUT2D eigenvalue weighted by atomic mass is 16.6. The Labute approximate surface area is 175 Å². The topological polar surface area (TPSA) is 133 Å². The number of nitro groups is 1. The van der Waals surface area contributed by atoms with Gasteiger partial charge in [0.1, 0.15) is 5.82 Å². The van der Waals surface area contributed by atoms with Crippen LogP contribution < -0.4 is 10.9 Å². The summed E-state index contributed by atoms with van der Waals surface area (Å²) in [4.78, 5) is 52.1. The molecule has 0 bridgehead atoms. The number of aromatic nitrogens is 2. The number of ether oxygens (including phenoxy) is 1. The van der Waals surface area contributed by atoms with E-state index in [0.29, 0.717) is 29.7 Å². The first-order valence-corrected chi connectivity index (χ1v) is 9.63. The molecule has 1 atom stereocenters. The first-order valence-electron chi connectivity index (χ1n) is 9.63. The van der Waals surface area contributed by atoms with Crippen LogP contribution in [0.3, 0.4) is 0 Å². The van der Waals surface area contributed by atoms with Gasteiger partial charge in [0, 0.05) is 30.8 Å². The number of benzene rings is 2. The van der Waals surface area contributed by atoms with E-state index < -0.39 is 22.9 Å². The molecule has 10 nitrogen and oxygen atoms in total. The lowest BCUT2D eigenvalue weighted by Gasteiger charge is -2.14. The van der Waals surface area contributed by atoms with Gasteiger partial charge in [0.15, 0.2) is 6.10 Å². The van der Waals surface area contributed by atoms with E-state index in [1.165, 1.54) is 49.4 Å². The molecule has 0 saturated carbocycles. The molecular weight excluding hydrogens is 404 g/mol. The number of hydrogen-bond acceptors (Lipinski definition) is 7. The second-order valence-corrected chi connectivity index (χ2v) is 7.16. The second-order valence-electron chi connectivity index (χ2n) is 7.16. The van der Waals surface area contributed by atoms with E-state index in [0.717, 1.165) is 6.42 Å². The van der Waals surface area contributed by atoms with Gasteiger partial charge in [-0.25, -0.2) is 9.78 Å². The maximum atomic E-state index is 12.5. The fourth-order valence-electron chi connectivity index (χ4n) is 3.43. The first-order chi connectivity index (χ1) is 14.8.